The molecule has 1 heterocycles. The Bertz CT molecular complexity index is 335. The number of nitrogens with one attached hydrogen (secondary N) is 2. The number of alkyl carbamates (subject to hydrolysis) is 1. The predicted molar refractivity (Wildman–Crippen MR) is 75.5 cm³/mol. The zero-order chi connectivity index (χ0) is 14.4. The monoisotopic (exact) mass is 283 g/mol. The van der Waals surface area contributed by atoms with Crippen molar-refractivity contribution in [3.8, 4) is 0 Å². The second-order valence-corrected chi connectivity index (χ2v) is 5.56. The summed E-state index contributed by atoms with van der Waals surface area (Å²) in [5.41, 5.74) is 0. The van der Waals surface area contributed by atoms with Gasteiger partial charge in [-0.1, -0.05) is 12.8 Å². The number of likely N-dealkylation sites (tertiary alicyclic amines) is 1. The molecule has 0 spiro atoms. The van der Waals surface area contributed by atoms with E-state index in [1.807, 2.05) is 4.90 Å². The molecule has 6 nitrogen and oxygen atoms in total. The van der Waals surface area contributed by atoms with E-state index in [1.165, 1.54) is 12.8 Å². The zero-order valence-electron chi connectivity index (χ0n) is 12.2. The first-order valence-corrected chi connectivity index (χ1v) is 7.67. The maximum absolute atomic E-state index is 12.1. The quantitative estimate of drug-likeness (QED) is 0.830. The van der Waals surface area contributed by atoms with E-state index >= 15 is 0 Å². The molecule has 1 aliphatic heterocycles. The number of urea groups is 1. The third-order valence-electron chi connectivity index (χ3n) is 4.06. The molecule has 0 aromatic carbocycles. The Kier molecular flexibility index (Phi) is 5.49. The lowest BCUT2D eigenvalue weighted by Gasteiger charge is -2.32. The van der Waals surface area contributed by atoms with Crippen molar-refractivity contribution >= 4 is 12.1 Å². The first kappa shape index (κ1) is 14.9. The fraction of sp³-hybridized carbons (Fsp3) is 0.857. The maximum atomic E-state index is 12.1. The van der Waals surface area contributed by atoms with Crippen molar-refractivity contribution in [1.82, 2.24) is 15.5 Å². The molecule has 0 aromatic rings. The SMILES string of the molecule is CCOC(=O)NC1CCN(C(=O)NC2CCCC2)CC1. The second-order valence-electron chi connectivity index (χ2n) is 5.56. The highest BCUT2D eigenvalue weighted by atomic mass is 16.5. The highest BCUT2D eigenvalue weighted by molar-refractivity contribution is 5.74. The van der Waals surface area contributed by atoms with Crippen LogP contribution in [0.1, 0.15) is 45.4 Å². The average molecular weight is 283 g/mol. The van der Waals surface area contributed by atoms with E-state index in [2.05, 4.69) is 10.6 Å². The van der Waals surface area contributed by atoms with Crippen molar-refractivity contribution in [2.45, 2.75) is 57.5 Å². The number of carbonyl (C=O) groups excluding carboxylic acids is 2. The predicted octanol–water partition coefficient (Wildman–Crippen LogP) is 1.85. The molecule has 114 valence electrons. The highest BCUT2D eigenvalue weighted by Crippen LogP contribution is 2.18. The van der Waals surface area contributed by atoms with E-state index < -0.39 is 0 Å². The first-order chi connectivity index (χ1) is 9.69. The highest BCUT2D eigenvalue weighted by Gasteiger charge is 2.26. The number of amides is 3. The van der Waals surface area contributed by atoms with Gasteiger partial charge in [0.05, 0.1) is 6.61 Å². The number of rotatable bonds is 3. The molecule has 2 aliphatic rings. The lowest BCUT2D eigenvalue weighted by atomic mass is 10.1. The summed E-state index contributed by atoms with van der Waals surface area (Å²) in [7, 11) is 0. The Morgan fingerprint density at radius 3 is 2.25 bits per heavy atom. The van der Waals surface area contributed by atoms with Crippen molar-refractivity contribution in [3.63, 3.8) is 0 Å². The summed E-state index contributed by atoms with van der Waals surface area (Å²) < 4.78 is 4.86. The Morgan fingerprint density at radius 1 is 1.05 bits per heavy atom. The minimum Gasteiger partial charge on any atom is -0.450 e. The van der Waals surface area contributed by atoms with E-state index in [0.29, 0.717) is 25.7 Å². The summed E-state index contributed by atoms with van der Waals surface area (Å²) in [5, 5.41) is 5.93. The van der Waals surface area contributed by atoms with Crippen LogP contribution in [0.4, 0.5) is 9.59 Å². The Balaban J connectivity index is 1.67. The van der Waals surface area contributed by atoms with Gasteiger partial charge >= 0.3 is 12.1 Å². The van der Waals surface area contributed by atoms with E-state index in [1.54, 1.807) is 6.92 Å². The summed E-state index contributed by atoms with van der Waals surface area (Å²) in [5.74, 6) is 0. The van der Waals surface area contributed by atoms with Crippen LogP contribution in [-0.4, -0.2) is 48.8 Å². The molecule has 3 amide bonds. The summed E-state index contributed by atoms with van der Waals surface area (Å²) in [4.78, 5) is 25.3. The maximum Gasteiger partial charge on any atom is 0.407 e. The molecule has 0 aromatic heterocycles. The Labute approximate surface area is 120 Å². The van der Waals surface area contributed by atoms with Gasteiger partial charge in [0.25, 0.3) is 0 Å². The van der Waals surface area contributed by atoms with Crippen molar-refractivity contribution in [2.75, 3.05) is 19.7 Å². The number of nitrogens with zero attached hydrogens (tertiary/aromatic N) is 1. The van der Waals surface area contributed by atoms with Crippen LogP contribution >= 0.6 is 0 Å². The van der Waals surface area contributed by atoms with Crippen LogP contribution in [-0.2, 0) is 4.74 Å². The Morgan fingerprint density at radius 2 is 1.65 bits per heavy atom. The van der Waals surface area contributed by atoms with Gasteiger partial charge in [0.15, 0.2) is 0 Å². The van der Waals surface area contributed by atoms with Crippen LogP contribution in [0.3, 0.4) is 0 Å². The van der Waals surface area contributed by atoms with Crippen LogP contribution in [0.2, 0.25) is 0 Å². The molecule has 2 N–H and O–H groups in total. The van der Waals surface area contributed by atoms with Crippen LogP contribution in [0, 0.1) is 0 Å². The average Bonchev–Trinajstić information content (AvgIpc) is 2.92. The molecule has 1 saturated carbocycles. The number of carbonyl (C=O) groups is 2. The molecule has 2 fully saturated rings. The molecule has 0 bridgehead atoms. The number of ether oxygens (including phenoxy) is 1. The molecule has 0 unspecified atom stereocenters. The topological polar surface area (TPSA) is 70.7 Å². The van der Waals surface area contributed by atoms with Gasteiger partial charge in [-0.25, -0.2) is 9.59 Å². The van der Waals surface area contributed by atoms with Crippen LogP contribution in [0.25, 0.3) is 0 Å². The van der Waals surface area contributed by atoms with Gasteiger partial charge in [0.1, 0.15) is 0 Å². The van der Waals surface area contributed by atoms with Gasteiger partial charge in [0, 0.05) is 25.2 Å². The molecule has 20 heavy (non-hydrogen) atoms. The fourth-order valence-corrected chi connectivity index (χ4v) is 2.90. The standard InChI is InChI=1S/C14H25N3O3/c1-2-20-14(19)16-12-7-9-17(10-8-12)13(18)15-11-5-3-4-6-11/h11-12H,2-10H2,1H3,(H,15,18)(H,16,19). The normalized spacial score (nSPS) is 20.8. The van der Waals surface area contributed by atoms with Gasteiger partial charge in [-0.15, -0.1) is 0 Å². The molecule has 2 rings (SSSR count). The van der Waals surface area contributed by atoms with Gasteiger partial charge < -0.3 is 20.3 Å². The van der Waals surface area contributed by atoms with Crippen molar-refractivity contribution < 1.29 is 14.3 Å². The van der Waals surface area contributed by atoms with E-state index in [0.717, 1.165) is 25.7 Å². The van der Waals surface area contributed by atoms with Crippen LogP contribution in [0.5, 0.6) is 0 Å². The molecule has 0 atom stereocenters. The lowest BCUT2D eigenvalue weighted by molar-refractivity contribution is 0.138. The molecule has 1 aliphatic carbocycles. The minimum atomic E-state index is -0.360. The molecule has 6 heteroatoms. The summed E-state index contributed by atoms with van der Waals surface area (Å²) >= 11 is 0. The van der Waals surface area contributed by atoms with Crippen molar-refractivity contribution in [3.05, 3.63) is 0 Å². The van der Waals surface area contributed by atoms with Crippen LogP contribution in [0.15, 0.2) is 0 Å². The van der Waals surface area contributed by atoms with Crippen LogP contribution < -0.4 is 10.6 Å². The van der Waals surface area contributed by atoms with E-state index in [9.17, 15) is 9.59 Å². The summed E-state index contributed by atoms with van der Waals surface area (Å²) in [6.07, 6.45) is 5.86. The third kappa shape index (κ3) is 4.28. The fourth-order valence-electron chi connectivity index (χ4n) is 2.90. The smallest absolute Gasteiger partial charge is 0.407 e. The molecule has 0 radical (unpaired) electrons. The second kappa shape index (κ2) is 7.36. The number of piperidine rings is 1. The summed E-state index contributed by atoms with van der Waals surface area (Å²) in [6, 6.07) is 0.522. The van der Waals surface area contributed by atoms with Gasteiger partial charge in [-0.2, -0.15) is 0 Å². The first-order valence-electron chi connectivity index (χ1n) is 7.67. The Hall–Kier alpha value is -1.46. The molecule has 1 saturated heterocycles. The lowest BCUT2D eigenvalue weighted by Crippen LogP contribution is -2.51. The number of hydrogen-bond acceptors (Lipinski definition) is 3. The van der Waals surface area contributed by atoms with E-state index in [4.69, 9.17) is 4.74 Å². The molecular weight excluding hydrogens is 258 g/mol. The zero-order valence-corrected chi connectivity index (χ0v) is 12.2. The van der Waals surface area contributed by atoms with Gasteiger partial charge in [-0.05, 0) is 32.6 Å². The number of hydrogen-bond donors (Lipinski definition) is 2. The van der Waals surface area contributed by atoms with Gasteiger partial charge in [-0.3, -0.25) is 0 Å². The van der Waals surface area contributed by atoms with Crippen molar-refractivity contribution in [1.29, 1.82) is 0 Å². The van der Waals surface area contributed by atoms with Gasteiger partial charge in [0.2, 0.25) is 0 Å². The minimum absolute atomic E-state index is 0.0477. The largest absolute Gasteiger partial charge is 0.450 e. The van der Waals surface area contributed by atoms with Crippen molar-refractivity contribution in [2.24, 2.45) is 0 Å². The van der Waals surface area contributed by atoms with E-state index in [-0.39, 0.29) is 18.2 Å². The summed E-state index contributed by atoms with van der Waals surface area (Å²) in [6.45, 7) is 3.55. The third-order valence-corrected chi connectivity index (χ3v) is 4.06. The molecular formula is C14H25N3O3.